The highest BCUT2D eigenvalue weighted by molar-refractivity contribution is 6.36. The zero-order valence-electron chi connectivity index (χ0n) is 15.7. The summed E-state index contributed by atoms with van der Waals surface area (Å²) in [4.78, 5) is 22.4. The Kier molecular flexibility index (Phi) is 6.77. The van der Waals surface area contributed by atoms with Crippen molar-refractivity contribution in [2.45, 2.75) is 26.4 Å². The average Bonchev–Trinajstić information content (AvgIpc) is 3.18. The number of aromatic nitrogens is 4. The zero-order valence-corrected chi connectivity index (χ0v) is 17.9. The number of benzene rings is 1. The molecule has 0 aliphatic rings. The number of hydrogen-bond acceptors (Lipinski definition) is 5. The lowest BCUT2D eigenvalue weighted by Crippen LogP contribution is -2.21. The van der Waals surface area contributed by atoms with Gasteiger partial charge in [0.25, 0.3) is 6.43 Å². The van der Waals surface area contributed by atoms with E-state index in [2.05, 4.69) is 15.5 Å². The highest BCUT2D eigenvalue weighted by Gasteiger charge is 2.31. The molecule has 0 saturated heterocycles. The van der Waals surface area contributed by atoms with Crippen molar-refractivity contribution in [3.8, 4) is 0 Å². The van der Waals surface area contributed by atoms with Crippen LogP contribution in [0.2, 0.25) is 15.1 Å². The molecule has 0 aliphatic carbocycles. The van der Waals surface area contributed by atoms with Crippen LogP contribution in [-0.4, -0.2) is 30.4 Å². The van der Waals surface area contributed by atoms with Crippen LogP contribution in [0.15, 0.2) is 24.4 Å². The van der Waals surface area contributed by atoms with Gasteiger partial charge >= 0.3 is 5.69 Å². The zero-order chi connectivity index (χ0) is 22.9. The lowest BCUT2D eigenvalue weighted by Gasteiger charge is -2.07. The number of amides is 1. The number of nitrogens with zero attached hydrogens (tertiary/aromatic N) is 5. The quantitative estimate of drug-likeness (QED) is 0.373. The second-order valence-electron chi connectivity index (χ2n) is 6.31. The molecule has 3 rings (SSSR count). The van der Waals surface area contributed by atoms with E-state index in [9.17, 15) is 23.7 Å². The second-order valence-corrected chi connectivity index (χ2v) is 7.53. The standard InChI is InChI=1S/C17H13Cl3F2N6O3/c1-8-15(28(30)31)14(16(21)22)24-27(8)7-13(29)23-17-12(20)6-26(25-17)5-9-10(18)3-2-4-11(9)19/h2-4,6,16H,5,7H2,1H3,(H,23,25,29). The number of nitro groups is 1. The predicted molar refractivity (Wildman–Crippen MR) is 110 cm³/mol. The molecule has 0 atom stereocenters. The van der Waals surface area contributed by atoms with Gasteiger partial charge in [-0.05, 0) is 19.1 Å². The van der Waals surface area contributed by atoms with E-state index in [1.165, 1.54) is 17.8 Å². The maximum Gasteiger partial charge on any atom is 0.319 e. The first-order valence-electron chi connectivity index (χ1n) is 8.54. The Balaban J connectivity index is 1.76. The molecule has 14 heteroatoms. The van der Waals surface area contributed by atoms with Crippen LogP contribution in [0.5, 0.6) is 0 Å². The molecule has 2 aromatic heterocycles. The van der Waals surface area contributed by atoms with Crippen LogP contribution in [0.4, 0.5) is 20.3 Å². The van der Waals surface area contributed by atoms with E-state index in [-0.39, 0.29) is 23.1 Å². The largest absolute Gasteiger partial charge is 0.319 e. The van der Waals surface area contributed by atoms with E-state index in [1.807, 2.05) is 0 Å². The van der Waals surface area contributed by atoms with E-state index >= 15 is 0 Å². The Morgan fingerprint density at radius 3 is 2.42 bits per heavy atom. The molecule has 3 aromatic rings. The minimum atomic E-state index is -3.16. The average molecular weight is 494 g/mol. The third-order valence-corrected chi connectivity index (χ3v) is 5.23. The topological polar surface area (TPSA) is 108 Å². The third-order valence-electron chi connectivity index (χ3n) is 4.24. The summed E-state index contributed by atoms with van der Waals surface area (Å²) in [5.74, 6) is -0.715. The molecule has 1 amide bonds. The van der Waals surface area contributed by atoms with Crippen molar-refractivity contribution in [1.29, 1.82) is 0 Å². The Bertz CT molecular complexity index is 1140. The number of anilines is 1. The summed E-state index contributed by atoms with van der Waals surface area (Å²) in [5.41, 5.74) is -1.42. The molecule has 0 fully saturated rings. The molecule has 0 unspecified atom stereocenters. The molecular formula is C17H13Cl3F2N6O3. The molecule has 0 saturated carbocycles. The first-order chi connectivity index (χ1) is 14.6. The van der Waals surface area contributed by atoms with Gasteiger partial charge in [0, 0.05) is 21.8 Å². The smallest absolute Gasteiger partial charge is 0.306 e. The van der Waals surface area contributed by atoms with Gasteiger partial charge in [0.05, 0.1) is 11.5 Å². The summed E-state index contributed by atoms with van der Waals surface area (Å²) in [6, 6.07) is 5.02. The fraction of sp³-hybridized carbons (Fsp3) is 0.235. The predicted octanol–water partition coefficient (Wildman–Crippen LogP) is 4.88. The SMILES string of the molecule is Cc1c([N+](=O)[O-])c(C(F)F)nn1CC(=O)Nc1nn(Cc2c(Cl)cccc2Cl)cc1Cl. The Hall–Kier alpha value is -2.76. The minimum absolute atomic E-state index is 0.00300. The molecule has 0 spiro atoms. The number of rotatable bonds is 7. The molecule has 1 aromatic carbocycles. The van der Waals surface area contributed by atoms with Gasteiger partial charge in [0.1, 0.15) is 17.3 Å². The van der Waals surface area contributed by atoms with Gasteiger partial charge in [-0.3, -0.25) is 24.3 Å². The second kappa shape index (κ2) is 9.16. The van der Waals surface area contributed by atoms with E-state index in [0.29, 0.717) is 15.6 Å². The minimum Gasteiger partial charge on any atom is -0.306 e. The number of alkyl halides is 2. The molecule has 0 aliphatic heterocycles. The molecule has 2 heterocycles. The van der Waals surface area contributed by atoms with Crippen LogP contribution in [0.25, 0.3) is 0 Å². The molecular weight excluding hydrogens is 481 g/mol. The van der Waals surface area contributed by atoms with E-state index in [0.717, 1.165) is 4.68 Å². The van der Waals surface area contributed by atoms with Crippen molar-refractivity contribution in [1.82, 2.24) is 19.6 Å². The molecule has 31 heavy (non-hydrogen) atoms. The fourth-order valence-electron chi connectivity index (χ4n) is 2.80. The van der Waals surface area contributed by atoms with E-state index in [1.54, 1.807) is 18.2 Å². The van der Waals surface area contributed by atoms with Crippen LogP contribution in [0, 0.1) is 17.0 Å². The molecule has 1 N–H and O–H groups in total. The molecule has 0 bridgehead atoms. The van der Waals surface area contributed by atoms with Gasteiger partial charge in [-0.1, -0.05) is 40.9 Å². The first-order valence-corrected chi connectivity index (χ1v) is 9.67. The maximum absolute atomic E-state index is 13.0. The Morgan fingerprint density at radius 1 is 1.23 bits per heavy atom. The molecule has 9 nitrogen and oxygen atoms in total. The van der Waals surface area contributed by atoms with Gasteiger partial charge in [-0.15, -0.1) is 0 Å². The van der Waals surface area contributed by atoms with Crippen molar-refractivity contribution < 1.29 is 18.5 Å². The van der Waals surface area contributed by atoms with E-state index < -0.39 is 35.2 Å². The van der Waals surface area contributed by atoms with Crippen LogP contribution < -0.4 is 5.32 Å². The van der Waals surface area contributed by atoms with Crippen LogP contribution in [0.3, 0.4) is 0 Å². The first kappa shape index (κ1) is 22.9. The summed E-state index contributed by atoms with van der Waals surface area (Å²) in [6.45, 7) is 0.842. The normalized spacial score (nSPS) is 11.2. The molecule has 0 radical (unpaired) electrons. The Morgan fingerprint density at radius 2 is 1.87 bits per heavy atom. The lowest BCUT2D eigenvalue weighted by molar-refractivity contribution is -0.386. The highest BCUT2D eigenvalue weighted by atomic mass is 35.5. The summed E-state index contributed by atoms with van der Waals surface area (Å²) in [6.07, 6.45) is -1.72. The summed E-state index contributed by atoms with van der Waals surface area (Å²) >= 11 is 18.4. The third kappa shape index (κ3) is 4.94. The Labute approximate surface area is 188 Å². The fourth-order valence-corrected chi connectivity index (χ4v) is 3.52. The van der Waals surface area contributed by atoms with Crippen LogP contribution >= 0.6 is 34.8 Å². The van der Waals surface area contributed by atoms with Crippen LogP contribution in [-0.2, 0) is 17.9 Å². The summed E-state index contributed by atoms with van der Waals surface area (Å²) in [7, 11) is 0. The van der Waals surface area contributed by atoms with Crippen molar-refractivity contribution in [3.63, 3.8) is 0 Å². The van der Waals surface area contributed by atoms with Gasteiger partial charge in [-0.25, -0.2) is 8.78 Å². The van der Waals surface area contributed by atoms with Gasteiger partial charge < -0.3 is 5.32 Å². The van der Waals surface area contributed by atoms with Crippen molar-refractivity contribution in [2.24, 2.45) is 0 Å². The monoisotopic (exact) mass is 492 g/mol. The highest BCUT2D eigenvalue weighted by Crippen LogP contribution is 2.31. The lowest BCUT2D eigenvalue weighted by atomic mass is 10.2. The summed E-state index contributed by atoms with van der Waals surface area (Å²) < 4.78 is 28.3. The number of carbonyl (C=O) groups excluding carboxylic acids is 1. The number of halogens is 5. The van der Waals surface area contributed by atoms with Gasteiger partial charge in [0.15, 0.2) is 5.82 Å². The maximum atomic E-state index is 13.0. The number of nitrogens with one attached hydrogen (secondary N) is 1. The number of carbonyl (C=O) groups is 1. The van der Waals surface area contributed by atoms with Gasteiger partial charge in [-0.2, -0.15) is 10.2 Å². The van der Waals surface area contributed by atoms with E-state index in [4.69, 9.17) is 34.8 Å². The van der Waals surface area contributed by atoms with Gasteiger partial charge in [0.2, 0.25) is 11.6 Å². The van der Waals surface area contributed by atoms with Crippen molar-refractivity contribution >= 4 is 52.2 Å². The molecule has 164 valence electrons. The van der Waals surface area contributed by atoms with Crippen LogP contribution in [0.1, 0.15) is 23.4 Å². The van der Waals surface area contributed by atoms with Crippen molar-refractivity contribution in [3.05, 3.63) is 66.5 Å². The summed E-state index contributed by atoms with van der Waals surface area (Å²) in [5, 5.41) is 22.1. The number of hydrogen-bond donors (Lipinski definition) is 1. The van der Waals surface area contributed by atoms with Crippen molar-refractivity contribution in [2.75, 3.05) is 5.32 Å².